The average Bonchev–Trinajstić information content (AvgIpc) is 2.98. The van der Waals surface area contributed by atoms with E-state index in [1.807, 2.05) is 0 Å². The van der Waals surface area contributed by atoms with Crippen molar-refractivity contribution < 1.29 is 13.2 Å². The average molecular weight is 349 g/mol. The molecule has 1 fully saturated rings. The molecule has 3 heterocycles. The van der Waals surface area contributed by atoms with Gasteiger partial charge in [-0.25, -0.2) is 13.4 Å². The van der Waals surface area contributed by atoms with Crippen molar-refractivity contribution in [3.05, 3.63) is 16.7 Å². The van der Waals surface area contributed by atoms with Crippen LogP contribution in [0.5, 0.6) is 0 Å². The highest BCUT2D eigenvalue weighted by Crippen LogP contribution is 2.28. The predicted octanol–water partition coefficient (Wildman–Crippen LogP) is 0.902. The molecule has 114 valence electrons. The summed E-state index contributed by atoms with van der Waals surface area (Å²) in [5, 5.41) is 1.73. The van der Waals surface area contributed by atoms with Gasteiger partial charge in [0.1, 0.15) is 0 Å². The molecule has 0 N–H and O–H groups in total. The van der Waals surface area contributed by atoms with Crippen LogP contribution in [0.4, 0.5) is 0 Å². The zero-order chi connectivity index (χ0) is 15.2. The lowest BCUT2D eigenvalue weighted by molar-refractivity contribution is -0.129. The van der Waals surface area contributed by atoms with Gasteiger partial charge in [0.25, 0.3) is 10.0 Å². The second-order valence-electron chi connectivity index (χ2n) is 4.67. The van der Waals surface area contributed by atoms with Crippen molar-refractivity contribution in [1.82, 2.24) is 18.6 Å². The number of nitrogens with zero attached hydrogens (tertiary/aromatic N) is 4. The maximum absolute atomic E-state index is 12.7. The van der Waals surface area contributed by atoms with E-state index in [9.17, 15) is 13.2 Å². The molecule has 3 rings (SSSR count). The van der Waals surface area contributed by atoms with E-state index in [-0.39, 0.29) is 29.2 Å². The smallest absolute Gasteiger partial charge is 0.262 e. The first-order valence-corrected chi connectivity index (χ1v) is 8.98. The molecule has 1 aliphatic rings. The fourth-order valence-electron chi connectivity index (χ4n) is 2.34. The standard InChI is InChI=1S/C11H13ClN4O3S2/c1-8(17)14-2-4-15(5-3-14)21(18,19)10-9(12)13-11-16(10)6-7-20-11/h6-7H,2-5H2,1H3. The molecule has 1 amide bonds. The maximum Gasteiger partial charge on any atom is 0.262 e. The number of hydrogen-bond donors (Lipinski definition) is 0. The number of sulfonamides is 1. The molecule has 1 aliphatic heterocycles. The highest BCUT2D eigenvalue weighted by molar-refractivity contribution is 7.89. The van der Waals surface area contributed by atoms with Gasteiger partial charge >= 0.3 is 0 Å². The van der Waals surface area contributed by atoms with Crippen LogP contribution < -0.4 is 0 Å². The van der Waals surface area contributed by atoms with E-state index in [4.69, 9.17) is 11.6 Å². The molecular formula is C11H13ClN4O3S2. The van der Waals surface area contributed by atoms with Gasteiger partial charge in [-0.05, 0) is 0 Å². The Morgan fingerprint density at radius 2 is 2.00 bits per heavy atom. The van der Waals surface area contributed by atoms with Gasteiger partial charge in [0.2, 0.25) is 5.91 Å². The first kappa shape index (κ1) is 14.8. The summed E-state index contributed by atoms with van der Waals surface area (Å²) in [6, 6.07) is 0. The Balaban J connectivity index is 1.93. The minimum atomic E-state index is -3.72. The van der Waals surface area contributed by atoms with Crippen molar-refractivity contribution in [3.8, 4) is 0 Å². The van der Waals surface area contributed by atoms with Gasteiger partial charge in [-0.1, -0.05) is 11.6 Å². The normalized spacial score (nSPS) is 17.5. The number of fused-ring (bicyclic) bond motifs is 1. The summed E-state index contributed by atoms with van der Waals surface area (Å²) in [6.07, 6.45) is 1.64. The van der Waals surface area contributed by atoms with E-state index in [0.717, 1.165) is 0 Å². The van der Waals surface area contributed by atoms with Crippen LogP contribution in [0.15, 0.2) is 16.6 Å². The summed E-state index contributed by atoms with van der Waals surface area (Å²) in [7, 11) is -3.72. The number of amides is 1. The lowest BCUT2D eigenvalue weighted by Crippen LogP contribution is -2.50. The topological polar surface area (TPSA) is 75.0 Å². The van der Waals surface area contributed by atoms with Gasteiger partial charge in [0.05, 0.1) is 0 Å². The van der Waals surface area contributed by atoms with E-state index in [1.165, 1.54) is 27.0 Å². The fourth-order valence-corrected chi connectivity index (χ4v) is 5.16. The molecule has 0 spiro atoms. The third-order valence-electron chi connectivity index (χ3n) is 3.45. The zero-order valence-electron chi connectivity index (χ0n) is 11.2. The van der Waals surface area contributed by atoms with E-state index in [2.05, 4.69) is 4.98 Å². The summed E-state index contributed by atoms with van der Waals surface area (Å²) < 4.78 is 28.3. The first-order chi connectivity index (χ1) is 9.91. The van der Waals surface area contributed by atoms with Crippen LogP contribution in [-0.4, -0.2) is 59.1 Å². The molecule has 0 bridgehead atoms. The van der Waals surface area contributed by atoms with Crippen LogP contribution >= 0.6 is 22.9 Å². The summed E-state index contributed by atoms with van der Waals surface area (Å²) >= 11 is 7.32. The van der Waals surface area contributed by atoms with Crippen LogP contribution in [-0.2, 0) is 14.8 Å². The number of halogens is 1. The second-order valence-corrected chi connectivity index (χ2v) is 7.76. The van der Waals surface area contributed by atoms with E-state index in [0.29, 0.717) is 18.1 Å². The monoisotopic (exact) mass is 348 g/mol. The van der Waals surface area contributed by atoms with Gasteiger partial charge < -0.3 is 4.90 Å². The molecular weight excluding hydrogens is 336 g/mol. The zero-order valence-corrected chi connectivity index (χ0v) is 13.6. The fraction of sp³-hybridized carbons (Fsp3) is 0.455. The van der Waals surface area contributed by atoms with Crippen LogP contribution in [0, 0.1) is 0 Å². The van der Waals surface area contributed by atoms with Gasteiger partial charge in [0.15, 0.2) is 15.1 Å². The Kier molecular flexibility index (Phi) is 3.68. The van der Waals surface area contributed by atoms with Crippen LogP contribution in [0.1, 0.15) is 6.92 Å². The van der Waals surface area contributed by atoms with Gasteiger partial charge in [0, 0.05) is 44.7 Å². The number of carbonyl (C=O) groups excluding carboxylic acids is 1. The number of imidazole rings is 1. The quantitative estimate of drug-likeness (QED) is 0.808. The van der Waals surface area contributed by atoms with Crippen molar-refractivity contribution >= 4 is 43.8 Å². The minimum absolute atomic E-state index is 0.00306. The highest BCUT2D eigenvalue weighted by Gasteiger charge is 2.34. The molecule has 0 atom stereocenters. The molecule has 2 aromatic rings. The number of piperazine rings is 1. The van der Waals surface area contributed by atoms with Gasteiger partial charge in [-0.15, -0.1) is 11.3 Å². The molecule has 1 saturated heterocycles. The van der Waals surface area contributed by atoms with Crippen LogP contribution in [0.2, 0.25) is 5.15 Å². The lowest BCUT2D eigenvalue weighted by atomic mass is 10.3. The second kappa shape index (κ2) is 5.24. The van der Waals surface area contributed by atoms with Crippen LogP contribution in [0.3, 0.4) is 0 Å². The van der Waals surface area contributed by atoms with Crippen molar-refractivity contribution in [2.45, 2.75) is 11.9 Å². The Labute approximate surface area is 130 Å². The first-order valence-electron chi connectivity index (χ1n) is 6.28. The molecule has 7 nitrogen and oxygen atoms in total. The molecule has 2 aromatic heterocycles. The number of aromatic nitrogens is 2. The molecule has 21 heavy (non-hydrogen) atoms. The molecule has 0 radical (unpaired) electrons. The Bertz CT molecular complexity index is 790. The van der Waals surface area contributed by atoms with Crippen molar-refractivity contribution in [3.63, 3.8) is 0 Å². The lowest BCUT2D eigenvalue weighted by Gasteiger charge is -2.33. The van der Waals surface area contributed by atoms with E-state index < -0.39 is 10.0 Å². The maximum atomic E-state index is 12.7. The van der Waals surface area contributed by atoms with Crippen LogP contribution in [0.25, 0.3) is 4.96 Å². The largest absolute Gasteiger partial charge is 0.340 e. The third-order valence-corrected chi connectivity index (χ3v) is 6.50. The van der Waals surface area contributed by atoms with Crippen molar-refractivity contribution in [2.24, 2.45) is 0 Å². The summed E-state index contributed by atoms with van der Waals surface area (Å²) in [4.78, 5) is 17.5. The Hall–Kier alpha value is -1.16. The number of thiazole rings is 1. The Morgan fingerprint density at radius 1 is 1.33 bits per heavy atom. The van der Waals surface area contributed by atoms with Crippen molar-refractivity contribution in [1.29, 1.82) is 0 Å². The predicted molar refractivity (Wildman–Crippen MR) is 79.1 cm³/mol. The number of carbonyl (C=O) groups is 1. The molecule has 0 aromatic carbocycles. The number of hydrogen-bond acceptors (Lipinski definition) is 5. The summed E-state index contributed by atoms with van der Waals surface area (Å²) in [6.45, 7) is 2.77. The van der Waals surface area contributed by atoms with Gasteiger partial charge in [-0.3, -0.25) is 9.20 Å². The number of rotatable bonds is 2. The summed E-state index contributed by atoms with van der Waals surface area (Å²) in [5.41, 5.74) is 0. The SMILES string of the molecule is CC(=O)N1CCN(S(=O)(=O)c2c(Cl)nc3sccn23)CC1. The Morgan fingerprint density at radius 3 is 2.62 bits per heavy atom. The third kappa shape index (κ3) is 2.44. The van der Waals surface area contributed by atoms with E-state index in [1.54, 1.807) is 16.5 Å². The van der Waals surface area contributed by atoms with Gasteiger partial charge in [-0.2, -0.15) is 4.31 Å². The molecule has 10 heteroatoms. The summed E-state index contributed by atoms with van der Waals surface area (Å²) in [5.74, 6) is -0.0466. The van der Waals surface area contributed by atoms with Crippen molar-refractivity contribution in [2.75, 3.05) is 26.2 Å². The molecule has 0 saturated carbocycles. The highest BCUT2D eigenvalue weighted by atomic mass is 35.5. The minimum Gasteiger partial charge on any atom is -0.340 e. The van der Waals surface area contributed by atoms with E-state index >= 15 is 0 Å². The molecule has 0 aliphatic carbocycles. The molecule has 0 unspecified atom stereocenters.